The molecule has 0 saturated carbocycles. The molecule has 2 heterocycles. The van der Waals surface area contributed by atoms with Crippen LogP contribution in [-0.2, 0) is 4.74 Å². The van der Waals surface area contributed by atoms with Crippen molar-refractivity contribution in [2.75, 3.05) is 25.6 Å². The van der Waals surface area contributed by atoms with Gasteiger partial charge in [-0.05, 0) is 61.6 Å². The molecule has 1 unspecified atom stereocenters. The first-order valence-electron chi connectivity index (χ1n) is 9.52. The third-order valence-corrected chi connectivity index (χ3v) is 4.84. The minimum absolute atomic E-state index is 0.0208. The Morgan fingerprint density at radius 2 is 2.07 bits per heavy atom. The number of rotatable bonds is 6. The zero-order valence-corrected chi connectivity index (χ0v) is 15.8. The number of methoxy groups -OCH3 is 1. The molecular weight excluding hydrogens is 338 g/mol. The van der Waals surface area contributed by atoms with Gasteiger partial charge in [-0.25, -0.2) is 4.79 Å². The molecule has 2 amide bonds. The van der Waals surface area contributed by atoms with Gasteiger partial charge in [-0.1, -0.05) is 24.3 Å². The second-order valence-corrected chi connectivity index (χ2v) is 6.76. The van der Waals surface area contributed by atoms with Crippen molar-refractivity contribution < 1.29 is 9.53 Å². The van der Waals surface area contributed by atoms with E-state index in [9.17, 15) is 4.79 Å². The van der Waals surface area contributed by atoms with Crippen LogP contribution in [0.3, 0.4) is 0 Å². The zero-order chi connectivity index (χ0) is 18.9. The average molecular weight is 365 g/mol. The lowest BCUT2D eigenvalue weighted by Crippen LogP contribution is -2.46. The molecule has 0 aliphatic carbocycles. The van der Waals surface area contributed by atoms with Gasteiger partial charge < -0.3 is 15.0 Å². The summed E-state index contributed by atoms with van der Waals surface area (Å²) >= 11 is 0. The lowest BCUT2D eigenvalue weighted by atomic mass is 10.00. The van der Waals surface area contributed by atoms with Crippen LogP contribution in [0.5, 0.6) is 0 Å². The highest BCUT2D eigenvalue weighted by atomic mass is 16.5. The van der Waals surface area contributed by atoms with Crippen molar-refractivity contribution in [2.45, 2.75) is 31.7 Å². The number of hydrogen-bond acceptors (Lipinski definition) is 3. The summed E-state index contributed by atoms with van der Waals surface area (Å²) in [6.07, 6.45) is 9.94. The van der Waals surface area contributed by atoms with Gasteiger partial charge in [-0.2, -0.15) is 0 Å². The summed E-state index contributed by atoms with van der Waals surface area (Å²) in [5.74, 6) is 0. The summed E-state index contributed by atoms with van der Waals surface area (Å²) in [6, 6.07) is 13.9. The molecule has 142 valence electrons. The van der Waals surface area contributed by atoms with E-state index in [1.54, 1.807) is 13.3 Å². The molecule has 0 bridgehead atoms. The second kappa shape index (κ2) is 9.88. The molecule has 1 N–H and O–H groups in total. The molecule has 1 aliphatic heterocycles. The minimum atomic E-state index is -0.0208. The molecule has 27 heavy (non-hydrogen) atoms. The lowest BCUT2D eigenvalue weighted by Gasteiger charge is -2.35. The maximum Gasteiger partial charge on any atom is 0.322 e. The largest absolute Gasteiger partial charge is 0.385 e. The molecule has 5 nitrogen and oxygen atoms in total. The molecule has 1 aliphatic rings. The van der Waals surface area contributed by atoms with Crippen LogP contribution < -0.4 is 5.32 Å². The van der Waals surface area contributed by atoms with Crippen molar-refractivity contribution >= 4 is 23.9 Å². The Hall–Kier alpha value is -2.66. The predicted molar refractivity (Wildman–Crippen MR) is 109 cm³/mol. The molecule has 5 heteroatoms. The van der Waals surface area contributed by atoms with Crippen LogP contribution in [0, 0.1) is 0 Å². The number of pyridine rings is 1. The summed E-state index contributed by atoms with van der Waals surface area (Å²) in [5, 5.41) is 3.03. The number of likely N-dealkylation sites (tertiary alicyclic amines) is 1. The fourth-order valence-corrected chi connectivity index (χ4v) is 3.35. The summed E-state index contributed by atoms with van der Waals surface area (Å²) in [7, 11) is 1.71. The fourth-order valence-electron chi connectivity index (χ4n) is 3.35. The molecule has 1 aromatic heterocycles. The molecule has 1 atom stereocenters. The van der Waals surface area contributed by atoms with Crippen LogP contribution in [0.1, 0.15) is 36.9 Å². The number of urea groups is 1. The first-order chi connectivity index (χ1) is 13.3. The number of carbonyl (C=O) groups excluding carboxylic acids is 1. The van der Waals surface area contributed by atoms with E-state index >= 15 is 0 Å². The van der Waals surface area contributed by atoms with Crippen molar-refractivity contribution in [2.24, 2.45) is 0 Å². The zero-order valence-electron chi connectivity index (χ0n) is 15.8. The van der Waals surface area contributed by atoms with Gasteiger partial charge in [-0.15, -0.1) is 0 Å². The van der Waals surface area contributed by atoms with E-state index in [1.807, 2.05) is 59.5 Å². The van der Waals surface area contributed by atoms with Crippen molar-refractivity contribution in [3.05, 3.63) is 59.9 Å². The topological polar surface area (TPSA) is 54.5 Å². The average Bonchev–Trinajstić information content (AvgIpc) is 2.72. The summed E-state index contributed by atoms with van der Waals surface area (Å²) in [5.41, 5.74) is 2.79. The van der Waals surface area contributed by atoms with Gasteiger partial charge in [0.1, 0.15) is 0 Å². The maximum absolute atomic E-state index is 12.7. The highest BCUT2D eigenvalue weighted by Crippen LogP contribution is 2.21. The predicted octanol–water partition coefficient (Wildman–Crippen LogP) is 4.67. The number of nitrogens with zero attached hydrogens (tertiary/aromatic N) is 2. The summed E-state index contributed by atoms with van der Waals surface area (Å²) in [4.78, 5) is 18.9. The van der Waals surface area contributed by atoms with Gasteiger partial charge in [0.2, 0.25) is 0 Å². The van der Waals surface area contributed by atoms with E-state index in [2.05, 4.69) is 10.3 Å². The summed E-state index contributed by atoms with van der Waals surface area (Å²) < 4.78 is 5.19. The van der Waals surface area contributed by atoms with Gasteiger partial charge in [-0.3, -0.25) is 4.98 Å². The monoisotopic (exact) mass is 365 g/mol. The maximum atomic E-state index is 12.7. The number of anilines is 1. The third-order valence-electron chi connectivity index (χ3n) is 4.84. The molecule has 1 aromatic carbocycles. The summed E-state index contributed by atoms with van der Waals surface area (Å²) in [6.45, 7) is 1.50. The van der Waals surface area contributed by atoms with Crippen LogP contribution in [0.4, 0.5) is 10.5 Å². The van der Waals surface area contributed by atoms with E-state index in [-0.39, 0.29) is 12.1 Å². The van der Waals surface area contributed by atoms with E-state index in [0.717, 1.165) is 42.8 Å². The molecule has 1 saturated heterocycles. The number of amides is 2. The van der Waals surface area contributed by atoms with Crippen molar-refractivity contribution in [1.29, 1.82) is 0 Å². The Morgan fingerprint density at radius 3 is 2.81 bits per heavy atom. The Labute approximate surface area is 161 Å². The molecule has 0 radical (unpaired) electrons. The van der Waals surface area contributed by atoms with Gasteiger partial charge in [0.05, 0.1) is 5.69 Å². The highest BCUT2D eigenvalue weighted by Gasteiger charge is 2.26. The number of carbonyl (C=O) groups is 1. The SMILES string of the molecule is COCCC1CCCCN1C(=O)Nc1ccc(C=Cc2ccccn2)cc1. The number of nitrogens with one attached hydrogen (secondary N) is 1. The van der Waals surface area contributed by atoms with Crippen LogP contribution in [0.25, 0.3) is 12.2 Å². The Bertz CT molecular complexity index is 744. The Kier molecular flexibility index (Phi) is 6.99. The number of piperidine rings is 1. The van der Waals surface area contributed by atoms with Crippen LogP contribution in [-0.4, -0.2) is 42.2 Å². The van der Waals surface area contributed by atoms with Crippen molar-refractivity contribution in [3.8, 4) is 0 Å². The van der Waals surface area contributed by atoms with E-state index < -0.39 is 0 Å². The Morgan fingerprint density at radius 1 is 1.22 bits per heavy atom. The van der Waals surface area contributed by atoms with E-state index in [4.69, 9.17) is 4.74 Å². The third kappa shape index (κ3) is 5.66. The van der Waals surface area contributed by atoms with E-state index in [0.29, 0.717) is 6.61 Å². The van der Waals surface area contributed by atoms with Crippen LogP contribution in [0.2, 0.25) is 0 Å². The first-order valence-corrected chi connectivity index (χ1v) is 9.52. The Balaban J connectivity index is 1.58. The van der Waals surface area contributed by atoms with Crippen LogP contribution in [0.15, 0.2) is 48.7 Å². The number of hydrogen-bond donors (Lipinski definition) is 1. The van der Waals surface area contributed by atoms with E-state index in [1.165, 1.54) is 6.42 Å². The van der Waals surface area contributed by atoms with Crippen molar-refractivity contribution in [3.63, 3.8) is 0 Å². The quantitative estimate of drug-likeness (QED) is 0.809. The molecular formula is C22H27N3O2. The first kappa shape index (κ1) is 19.1. The molecule has 2 aromatic rings. The number of benzene rings is 1. The lowest BCUT2D eigenvalue weighted by molar-refractivity contribution is 0.123. The smallest absolute Gasteiger partial charge is 0.322 e. The van der Waals surface area contributed by atoms with Gasteiger partial charge in [0, 0.05) is 38.2 Å². The number of ether oxygens (including phenoxy) is 1. The normalized spacial score (nSPS) is 17.2. The number of aromatic nitrogens is 1. The van der Waals surface area contributed by atoms with Crippen molar-refractivity contribution in [1.82, 2.24) is 9.88 Å². The fraction of sp³-hybridized carbons (Fsp3) is 0.364. The minimum Gasteiger partial charge on any atom is -0.385 e. The molecule has 3 rings (SSSR count). The van der Waals surface area contributed by atoms with Gasteiger partial charge in [0.25, 0.3) is 0 Å². The van der Waals surface area contributed by atoms with Gasteiger partial charge in [0.15, 0.2) is 0 Å². The molecule has 1 fully saturated rings. The van der Waals surface area contributed by atoms with Crippen LogP contribution >= 0.6 is 0 Å². The second-order valence-electron chi connectivity index (χ2n) is 6.76. The highest BCUT2D eigenvalue weighted by molar-refractivity contribution is 5.89. The molecule has 0 spiro atoms. The van der Waals surface area contributed by atoms with Gasteiger partial charge >= 0.3 is 6.03 Å². The standard InChI is InChI=1S/C22H27N3O2/c1-27-17-14-21-7-3-5-16-25(21)22(26)24-20-12-9-18(10-13-20)8-11-19-6-2-4-15-23-19/h2,4,6,8-13,15,21H,3,5,7,14,16-17H2,1H3,(H,24,26).